The summed E-state index contributed by atoms with van der Waals surface area (Å²) in [6.45, 7) is 6.16. The van der Waals surface area contributed by atoms with Crippen LogP contribution in [-0.4, -0.2) is 7.11 Å². The second-order valence-corrected chi connectivity index (χ2v) is 4.42. The zero-order valence-electron chi connectivity index (χ0n) is 10.8. The van der Waals surface area contributed by atoms with Crippen molar-refractivity contribution in [2.75, 3.05) is 7.11 Å². The zero-order valence-corrected chi connectivity index (χ0v) is 11.6. The van der Waals surface area contributed by atoms with Gasteiger partial charge in [-0.25, -0.2) is 0 Å². The van der Waals surface area contributed by atoms with Gasteiger partial charge in [0.2, 0.25) is 0 Å². The monoisotopic (exact) mass is 242 g/mol. The standard InChI is InChI=1S/C14H23ClO/c1-5-6-7-10-14(16-4)11-8-9-12(2)13(3)15/h7,10-11H,5-6,8-9H2,1-4H3/b10-7-,13-12-,14-11+. The molecule has 0 aromatic heterocycles. The van der Waals surface area contributed by atoms with Crippen LogP contribution in [0.4, 0.5) is 0 Å². The van der Waals surface area contributed by atoms with Gasteiger partial charge in [0.05, 0.1) is 7.11 Å². The van der Waals surface area contributed by atoms with Crippen LogP contribution in [-0.2, 0) is 4.74 Å². The summed E-state index contributed by atoms with van der Waals surface area (Å²) in [5, 5.41) is 0.897. The van der Waals surface area contributed by atoms with E-state index in [2.05, 4.69) is 26.0 Å². The molecule has 0 atom stereocenters. The summed E-state index contributed by atoms with van der Waals surface area (Å²) in [5.41, 5.74) is 1.24. The van der Waals surface area contributed by atoms with Gasteiger partial charge in [-0.05, 0) is 45.3 Å². The number of hydrogen-bond acceptors (Lipinski definition) is 1. The molecule has 0 saturated heterocycles. The van der Waals surface area contributed by atoms with E-state index in [0.29, 0.717) is 0 Å². The zero-order chi connectivity index (χ0) is 12.4. The fraction of sp³-hybridized carbons (Fsp3) is 0.571. The van der Waals surface area contributed by atoms with Gasteiger partial charge in [0.15, 0.2) is 0 Å². The van der Waals surface area contributed by atoms with Crippen LogP contribution in [0.1, 0.15) is 46.5 Å². The van der Waals surface area contributed by atoms with E-state index < -0.39 is 0 Å². The van der Waals surface area contributed by atoms with Crippen LogP contribution < -0.4 is 0 Å². The molecule has 0 spiro atoms. The van der Waals surface area contributed by atoms with E-state index in [9.17, 15) is 0 Å². The Hall–Kier alpha value is -0.690. The normalized spacial score (nSPS) is 14.2. The van der Waals surface area contributed by atoms with Crippen LogP contribution in [0.3, 0.4) is 0 Å². The third-order valence-corrected chi connectivity index (χ3v) is 2.75. The minimum absolute atomic E-state index is 0.897. The van der Waals surface area contributed by atoms with Gasteiger partial charge in [0.25, 0.3) is 0 Å². The Morgan fingerprint density at radius 1 is 1.25 bits per heavy atom. The number of rotatable bonds is 7. The van der Waals surface area contributed by atoms with Crippen molar-refractivity contribution in [3.63, 3.8) is 0 Å². The van der Waals surface area contributed by atoms with Crippen LogP contribution in [0.5, 0.6) is 0 Å². The molecule has 0 aliphatic heterocycles. The molecule has 16 heavy (non-hydrogen) atoms. The molecule has 0 N–H and O–H groups in total. The SMILES string of the molecule is CCC/C=C\C(=C/CC/C(C)=C(/C)Cl)OC. The third kappa shape index (κ3) is 7.58. The van der Waals surface area contributed by atoms with Gasteiger partial charge in [-0.3, -0.25) is 0 Å². The van der Waals surface area contributed by atoms with Crippen molar-refractivity contribution in [1.29, 1.82) is 0 Å². The van der Waals surface area contributed by atoms with Crippen molar-refractivity contribution in [2.45, 2.75) is 46.5 Å². The van der Waals surface area contributed by atoms with Gasteiger partial charge in [0, 0.05) is 5.03 Å². The quantitative estimate of drug-likeness (QED) is 0.441. The summed E-state index contributed by atoms with van der Waals surface area (Å²) in [4.78, 5) is 0. The highest BCUT2D eigenvalue weighted by molar-refractivity contribution is 6.29. The Bertz CT molecular complexity index is 270. The van der Waals surface area contributed by atoms with Crippen LogP contribution in [0.25, 0.3) is 0 Å². The average molecular weight is 243 g/mol. The van der Waals surface area contributed by atoms with Gasteiger partial charge in [-0.1, -0.05) is 36.6 Å². The number of unbranched alkanes of at least 4 members (excludes halogenated alkanes) is 1. The highest BCUT2D eigenvalue weighted by Crippen LogP contribution is 2.14. The molecule has 0 aliphatic rings. The first-order chi connectivity index (χ1) is 7.61. The summed E-state index contributed by atoms with van der Waals surface area (Å²) in [5.74, 6) is 0.938. The molecule has 0 bridgehead atoms. The third-order valence-electron chi connectivity index (χ3n) is 2.43. The summed E-state index contributed by atoms with van der Waals surface area (Å²) >= 11 is 5.89. The van der Waals surface area contributed by atoms with Crippen molar-refractivity contribution < 1.29 is 4.74 Å². The highest BCUT2D eigenvalue weighted by atomic mass is 35.5. The first kappa shape index (κ1) is 15.3. The van der Waals surface area contributed by atoms with E-state index in [-0.39, 0.29) is 0 Å². The molecule has 0 radical (unpaired) electrons. The van der Waals surface area contributed by atoms with Gasteiger partial charge in [-0.2, -0.15) is 0 Å². The highest BCUT2D eigenvalue weighted by Gasteiger charge is 1.94. The lowest BCUT2D eigenvalue weighted by Crippen LogP contribution is -1.84. The maximum absolute atomic E-state index is 5.89. The van der Waals surface area contributed by atoms with E-state index in [0.717, 1.165) is 30.1 Å². The predicted octanol–water partition coefficient (Wildman–Crippen LogP) is 5.19. The Kier molecular flexibility index (Phi) is 9.12. The molecule has 0 heterocycles. The number of methoxy groups -OCH3 is 1. The lowest BCUT2D eigenvalue weighted by Gasteiger charge is -2.02. The number of halogens is 1. The van der Waals surface area contributed by atoms with Crippen molar-refractivity contribution in [1.82, 2.24) is 0 Å². The number of allylic oxidation sites excluding steroid dienone is 5. The van der Waals surface area contributed by atoms with Crippen LogP contribution in [0.2, 0.25) is 0 Å². The van der Waals surface area contributed by atoms with Crippen LogP contribution in [0.15, 0.2) is 34.6 Å². The lowest BCUT2D eigenvalue weighted by molar-refractivity contribution is 0.305. The molecule has 0 unspecified atom stereocenters. The second-order valence-electron chi connectivity index (χ2n) is 3.85. The molecule has 0 rings (SSSR count). The first-order valence-corrected chi connectivity index (χ1v) is 6.22. The summed E-state index contributed by atoms with van der Waals surface area (Å²) in [6.07, 6.45) is 10.5. The minimum Gasteiger partial charge on any atom is -0.497 e. The molecule has 0 aromatic rings. The maximum atomic E-state index is 5.89. The Morgan fingerprint density at radius 2 is 1.94 bits per heavy atom. The molecule has 0 aliphatic carbocycles. The van der Waals surface area contributed by atoms with Gasteiger partial charge in [-0.15, -0.1) is 0 Å². The van der Waals surface area contributed by atoms with E-state index >= 15 is 0 Å². The van der Waals surface area contributed by atoms with Crippen molar-refractivity contribution >= 4 is 11.6 Å². The molecule has 0 fully saturated rings. The van der Waals surface area contributed by atoms with E-state index in [4.69, 9.17) is 16.3 Å². The minimum atomic E-state index is 0.897. The largest absolute Gasteiger partial charge is 0.497 e. The Morgan fingerprint density at radius 3 is 2.44 bits per heavy atom. The average Bonchev–Trinajstić information content (AvgIpc) is 2.26. The second kappa shape index (κ2) is 9.53. The van der Waals surface area contributed by atoms with Crippen LogP contribution in [0, 0.1) is 0 Å². The molecular formula is C14H23ClO. The van der Waals surface area contributed by atoms with Crippen molar-refractivity contribution in [2.24, 2.45) is 0 Å². The Balaban J connectivity index is 4.13. The van der Waals surface area contributed by atoms with E-state index in [1.807, 2.05) is 13.0 Å². The molecule has 0 saturated carbocycles. The van der Waals surface area contributed by atoms with E-state index in [1.165, 1.54) is 12.0 Å². The number of ether oxygens (including phenoxy) is 1. The Labute approximate surface area is 105 Å². The fourth-order valence-electron chi connectivity index (χ4n) is 1.19. The topological polar surface area (TPSA) is 9.23 Å². The molecule has 92 valence electrons. The molecule has 0 aromatic carbocycles. The van der Waals surface area contributed by atoms with Gasteiger partial charge < -0.3 is 4.74 Å². The van der Waals surface area contributed by atoms with E-state index in [1.54, 1.807) is 7.11 Å². The van der Waals surface area contributed by atoms with Crippen molar-refractivity contribution in [3.8, 4) is 0 Å². The van der Waals surface area contributed by atoms with Crippen molar-refractivity contribution in [3.05, 3.63) is 34.6 Å². The molecule has 0 amide bonds. The smallest absolute Gasteiger partial charge is 0.114 e. The van der Waals surface area contributed by atoms with Gasteiger partial charge in [0.1, 0.15) is 5.76 Å². The first-order valence-electron chi connectivity index (χ1n) is 5.84. The lowest BCUT2D eigenvalue weighted by atomic mass is 10.1. The molecule has 2 heteroatoms. The van der Waals surface area contributed by atoms with Crippen LogP contribution >= 0.6 is 11.6 Å². The fourth-order valence-corrected chi connectivity index (χ4v) is 1.28. The summed E-state index contributed by atoms with van der Waals surface area (Å²) in [6, 6.07) is 0. The van der Waals surface area contributed by atoms with Gasteiger partial charge >= 0.3 is 0 Å². The molecular weight excluding hydrogens is 220 g/mol. The maximum Gasteiger partial charge on any atom is 0.114 e. The summed E-state index contributed by atoms with van der Waals surface area (Å²) < 4.78 is 5.26. The predicted molar refractivity (Wildman–Crippen MR) is 72.6 cm³/mol. The summed E-state index contributed by atoms with van der Waals surface area (Å²) in [7, 11) is 1.71. The molecule has 1 nitrogen and oxygen atoms in total. The number of hydrogen-bond donors (Lipinski definition) is 0.